The van der Waals surface area contributed by atoms with E-state index in [0.29, 0.717) is 0 Å². The van der Waals surface area contributed by atoms with Crippen molar-refractivity contribution in [3.63, 3.8) is 0 Å². The van der Waals surface area contributed by atoms with E-state index < -0.39 is 0 Å². The van der Waals surface area contributed by atoms with Gasteiger partial charge in [-0.15, -0.1) is 0 Å². The van der Waals surface area contributed by atoms with E-state index in [1.165, 1.54) is 33.4 Å². The smallest absolute Gasteiger partial charge is 0.122 e. The highest BCUT2D eigenvalue weighted by Gasteiger charge is 2.25. The monoisotopic (exact) mass is 368 g/mol. The van der Waals surface area contributed by atoms with Gasteiger partial charge in [-0.2, -0.15) is 0 Å². The number of aryl methyl sites for hydroxylation is 1. The highest BCUT2D eigenvalue weighted by Crippen LogP contribution is 2.40. The van der Waals surface area contributed by atoms with Crippen LogP contribution in [0.3, 0.4) is 0 Å². The molecule has 1 aliphatic carbocycles. The summed E-state index contributed by atoms with van der Waals surface area (Å²) in [6, 6.07) is 15.1. The minimum absolute atomic E-state index is 0.0483. The van der Waals surface area contributed by atoms with E-state index >= 15 is 0 Å². The van der Waals surface area contributed by atoms with Crippen LogP contribution in [0.15, 0.2) is 78.9 Å². The zero-order valence-corrected chi connectivity index (χ0v) is 17.1. The average Bonchev–Trinajstić information content (AvgIpc) is 3.16. The number of benzene rings is 2. The first kappa shape index (κ1) is 18.6. The molecule has 28 heavy (non-hydrogen) atoms. The predicted octanol–water partition coefficient (Wildman–Crippen LogP) is 6.94. The van der Waals surface area contributed by atoms with Gasteiger partial charge < -0.3 is 4.74 Å². The fourth-order valence-electron chi connectivity index (χ4n) is 4.07. The van der Waals surface area contributed by atoms with E-state index in [4.69, 9.17) is 4.74 Å². The van der Waals surface area contributed by atoms with E-state index in [0.717, 1.165) is 30.8 Å². The van der Waals surface area contributed by atoms with Crippen molar-refractivity contribution in [3.8, 4) is 5.75 Å². The molecule has 2 aromatic carbocycles. The molecule has 1 heteroatoms. The van der Waals surface area contributed by atoms with Gasteiger partial charge in [0.15, 0.2) is 0 Å². The first-order valence-electron chi connectivity index (χ1n) is 10.1. The Morgan fingerprint density at radius 1 is 1.18 bits per heavy atom. The maximum absolute atomic E-state index is 5.63. The lowest BCUT2D eigenvalue weighted by atomic mass is 9.74. The third kappa shape index (κ3) is 3.49. The molecule has 1 unspecified atom stereocenters. The van der Waals surface area contributed by atoms with Gasteiger partial charge in [0.05, 0.1) is 6.61 Å². The van der Waals surface area contributed by atoms with Crippen molar-refractivity contribution >= 4 is 11.1 Å². The fourth-order valence-corrected chi connectivity index (χ4v) is 4.07. The van der Waals surface area contributed by atoms with Crippen LogP contribution in [0.4, 0.5) is 0 Å². The molecule has 1 atom stereocenters. The topological polar surface area (TPSA) is 9.23 Å². The van der Waals surface area contributed by atoms with E-state index in [2.05, 4.69) is 94.1 Å². The molecule has 1 aliphatic heterocycles. The molecule has 0 amide bonds. The second-order valence-electron chi connectivity index (χ2n) is 8.20. The summed E-state index contributed by atoms with van der Waals surface area (Å²) in [5.41, 5.74) is 8.86. The second-order valence-corrected chi connectivity index (χ2v) is 8.20. The van der Waals surface area contributed by atoms with Crippen molar-refractivity contribution < 1.29 is 4.74 Å². The molecule has 0 N–H and O–H groups in total. The van der Waals surface area contributed by atoms with E-state index in [1.807, 2.05) is 0 Å². The summed E-state index contributed by atoms with van der Waals surface area (Å²) in [5.74, 6) is 1.04. The highest BCUT2D eigenvalue weighted by atomic mass is 16.5. The van der Waals surface area contributed by atoms with Gasteiger partial charge in [-0.3, -0.25) is 0 Å². The zero-order valence-electron chi connectivity index (χ0n) is 17.1. The van der Waals surface area contributed by atoms with Crippen LogP contribution >= 0.6 is 0 Å². The van der Waals surface area contributed by atoms with Crippen molar-refractivity contribution in [2.24, 2.45) is 5.41 Å². The molecular formula is C27H28O. The fraction of sp³-hybridized carbons (Fsp3) is 0.259. The molecule has 0 bridgehead atoms. The lowest BCUT2D eigenvalue weighted by Crippen LogP contribution is -2.16. The minimum atomic E-state index is -0.0483. The number of rotatable bonds is 4. The largest absolute Gasteiger partial charge is 0.493 e. The van der Waals surface area contributed by atoms with Crippen LogP contribution in [0.5, 0.6) is 5.75 Å². The average molecular weight is 369 g/mol. The molecule has 142 valence electrons. The van der Waals surface area contributed by atoms with Gasteiger partial charge in [0.25, 0.3) is 0 Å². The predicted molar refractivity (Wildman–Crippen MR) is 119 cm³/mol. The van der Waals surface area contributed by atoms with Crippen LogP contribution in [0.2, 0.25) is 0 Å². The Kier molecular flexibility index (Phi) is 4.85. The molecule has 4 rings (SSSR count). The van der Waals surface area contributed by atoms with Gasteiger partial charge in [0, 0.05) is 11.8 Å². The van der Waals surface area contributed by atoms with Crippen molar-refractivity contribution in [2.45, 2.75) is 33.6 Å². The van der Waals surface area contributed by atoms with Gasteiger partial charge in [-0.1, -0.05) is 68.1 Å². The Morgan fingerprint density at radius 2 is 2.00 bits per heavy atom. The van der Waals surface area contributed by atoms with Crippen LogP contribution in [-0.2, 0) is 6.42 Å². The normalized spacial score (nSPS) is 21.1. The standard InChI is InChI=1S/C27H28O/c1-19-7-5-6-8-25(19)20(2)17-21(3)27(4)14-11-22(12-15-27)23-9-10-26-24(18-23)13-16-28-26/h5-12,14,17-18H,3,13,15-16H2,1-2,4H3/b20-17-. The van der Waals surface area contributed by atoms with Crippen LogP contribution in [0.1, 0.15) is 42.5 Å². The molecule has 0 fully saturated rings. The van der Waals surface area contributed by atoms with E-state index in [1.54, 1.807) is 0 Å². The number of hydrogen-bond acceptors (Lipinski definition) is 1. The Bertz CT molecular complexity index is 1020. The lowest BCUT2D eigenvalue weighted by Gasteiger charge is -2.29. The van der Waals surface area contributed by atoms with Gasteiger partial charge in [-0.25, -0.2) is 0 Å². The Balaban J connectivity index is 1.53. The van der Waals surface area contributed by atoms with Crippen molar-refractivity contribution in [1.82, 2.24) is 0 Å². The summed E-state index contributed by atoms with van der Waals surface area (Å²) in [6.07, 6.45) is 11.1. The van der Waals surface area contributed by atoms with Crippen molar-refractivity contribution in [2.75, 3.05) is 6.61 Å². The van der Waals surface area contributed by atoms with Gasteiger partial charge in [0.2, 0.25) is 0 Å². The molecule has 2 aromatic rings. The van der Waals surface area contributed by atoms with E-state index in [9.17, 15) is 0 Å². The minimum Gasteiger partial charge on any atom is -0.493 e. The summed E-state index contributed by atoms with van der Waals surface area (Å²) < 4.78 is 5.63. The molecule has 2 aliphatic rings. The van der Waals surface area contributed by atoms with Crippen LogP contribution < -0.4 is 4.74 Å². The lowest BCUT2D eigenvalue weighted by molar-refractivity contribution is 0.357. The first-order chi connectivity index (χ1) is 13.5. The van der Waals surface area contributed by atoms with Crippen LogP contribution in [-0.4, -0.2) is 6.61 Å². The Labute approximate surface area is 168 Å². The highest BCUT2D eigenvalue weighted by molar-refractivity contribution is 5.77. The summed E-state index contributed by atoms with van der Waals surface area (Å²) >= 11 is 0. The molecule has 0 spiro atoms. The Morgan fingerprint density at radius 3 is 2.75 bits per heavy atom. The number of fused-ring (bicyclic) bond motifs is 1. The summed E-state index contributed by atoms with van der Waals surface area (Å²) in [6.45, 7) is 11.8. The van der Waals surface area contributed by atoms with Crippen molar-refractivity contribution in [3.05, 3.63) is 101 Å². The molecule has 0 radical (unpaired) electrons. The third-order valence-corrected chi connectivity index (χ3v) is 6.09. The summed E-state index contributed by atoms with van der Waals surface area (Å²) in [5, 5.41) is 0. The molecule has 1 nitrogen and oxygen atoms in total. The van der Waals surface area contributed by atoms with Gasteiger partial charge >= 0.3 is 0 Å². The SMILES string of the molecule is C=C(/C=C(/C)c1ccccc1C)C1(C)C=CC(c2ccc3c(c2)CCO3)=CC1. The van der Waals surface area contributed by atoms with Crippen LogP contribution in [0.25, 0.3) is 11.1 Å². The molecular weight excluding hydrogens is 340 g/mol. The first-order valence-corrected chi connectivity index (χ1v) is 10.1. The third-order valence-electron chi connectivity index (χ3n) is 6.09. The quantitative estimate of drug-likeness (QED) is 0.531. The van der Waals surface area contributed by atoms with E-state index in [-0.39, 0.29) is 5.41 Å². The maximum atomic E-state index is 5.63. The van der Waals surface area contributed by atoms with Crippen LogP contribution in [0, 0.1) is 12.3 Å². The van der Waals surface area contributed by atoms with Crippen molar-refractivity contribution in [1.29, 1.82) is 0 Å². The maximum Gasteiger partial charge on any atom is 0.122 e. The zero-order chi connectivity index (χ0) is 19.7. The number of allylic oxidation sites excluding steroid dienone is 7. The Hall–Kier alpha value is -2.80. The number of ether oxygens (including phenoxy) is 1. The molecule has 0 saturated carbocycles. The molecule has 0 aromatic heterocycles. The van der Waals surface area contributed by atoms with Gasteiger partial charge in [-0.05, 0) is 71.4 Å². The molecule has 1 heterocycles. The molecule has 0 saturated heterocycles. The summed E-state index contributed by atoms with van der Waals surface area (Å²) in [7, 11) is 0. The summed E-state index contributed by atoms with van der Waals surface area (Å²) in [4.78, 5) is 0. The second kappa shape index (κ2) is 7.31. The van der Waals surface area contributed by atoms with Gasteiger partial charge in [0.1, 0.15) is 5.75 Å². The number of hydrogen-bond donors (Lipinski definition) is 0.